The molecule has 5 rings (SSSR count). The summed E-state index contributed by atoms with van der Waals surface area (Å²) in [5, 5.41) is 22.4. The second-order valence-electron chi connectivity index (χ2n) is 18.2. The smallest absolute Gasteiger partial charge is 0.243 e. The van der Waals surface area contributed by atoms with E-state index in [1.54, 1.807) is 36.5 Å². The van der Waals surface area contributed by atoms with Crippen LogP contribution in [0.1, 0.15) is 88.5 Å². The Hall–Kier alpha value is -8.31. The maximum absolute atomic E-state index is 14.7. The predicted molar refractivity (Wildman–Crippen MR) is 274 cm³/mol. The van der Waals surface area contributed by atoms with Crippen molar-refractivity contribution in [3.05, 3.63) is 90.1 Å². The van der Waals surface area contributed by atoms with Gasteiger partial charge in [0, 0.05) is 68.3 Å². The molecule has 1 saturated heterocycles. The highest BCUT2D eigenvalue weighted by Gasteiger charge is 2.35. The number of rotatable bonds is 17. The maximum Gasteiger partial charge on any atom is 0.243 e. The molecule has 24 nitrogen and oxygen atoms in total. The minimum absolute atomic E-state index is 0.0408. The van der Waals surface area contributed by atoms with Crippen molar-refractivity contribution >= 4 is 70.0 Å². The molecule has 0 spiro atoms. The molecular weight excluding hydrogens is 955 g/mol. The number of guanidine groups is 1. The Morgan fingerprint density at radius 3 is 2.08 bits per heavy atom. The largest absolute Gasteiger partial charge is 0.370 e. The highest BCUT2D eigenvalue weighted by Crippen LogP contribution is 2.20. The molecule has 1 aliphatic rings. The lowest BCUT2D eigenvalue weighted by Crippen LogP contribution is -2.61. The summed E-state index contributed by atoms with van der Waals surface area (Å²) in [6, 6.07) is 6.67. The first-order chi connectivity index (χ1) is 35.5. The third kappa shape index (κ3) is 18.1. The van der Waals surface area contributed by atoms with Crippen molar-refractivity contribution in [2.75, 3.05) is 13.1 Å². The van der Waals surface area contributed by atoms with Gasteiger partial charge in [-0.15, -0.1) is 0 Å². The van der Waals surface area contributed by atoms with Crippen molar-refractivity contribution in [3.8, 4) is 0 Å². The van der Waals surface area contributed by atoms with E-state index in [4.69, 9.17) is 17.2 Å². The van der Waals surface area contributed by atoms with Crippen molar-refractivity contribution in [1.29, 1.82) is 0 Å². The molecule has 74 heavy (non-hydrogen) atoms. The van der Waals surface area contributed by atoms with Crippen LogP contribution in [-0.4, -0.2) is 129 Å². The molecule has 2 aromatic carbocycles. The number of nitrogens with two attached hydrogens (primary N) is 3. The molecule has 1 aliphatic heterocycles. The zero-order valence-corrected chi connectivity index (χ0v) is 41.7. The van der Waals surface area contributed by atoms with Gasteiger partial charge in [-0.1, -0.05) is 68.3 Å². The van der Waals surface area contributed by atoms with Gasteiger partial charge in [-0.25, -0.2) is 4.98 Å². The summed E-state index contributed by atoms with van der Waals surface area (Å²) in [7, 11) is 0. The number of nitrogens with zero attached hydrogens (tertiary/aromatic N) is 2. The molecule has 1 fully saturated rings. The van der Waals surface area contributed by atoms with Crippen LogP contribution in [0.4, 0.5) is 0 Å². The minimum Gasteiger partial charge on any atom is -0.370 e. The number of imidazole rings is 1. The fraction of sp³-hybridized carbons (Fsp3) is 0.460. The van der Waals surface area contributed by atoms with Gasteiger partial charge in [-0.2, -0.15) is 0 Å². The Bertz CT molecular complexity index is 2580. The molecule has 2 aromatic heterocycles. The number of unbranched alkanes of at least 4 members (excludes halogenated alkanes) is 1. The van der Waals surface area contributed by atoms with E-state index in [1.807, 2.05) is 31.2 Å². The van der Waals surface area contributed by atoms with Crippen LogP contribution in [0.25, 0.3) is 10.9 Å². The monoisotopic (exact) mass is 1020 g/mol. The molecule has 0 radical (unpaired) electrons. The first-order valence-electron chi connectivity index (χ1n) is 24.8. The zero-order valence-electron chi connectivity index (χ0n) is 41.7. The maximum atomic E-state index is 14.7. The van der Waals surface area contributed by atoms with E-state index in [-0.39, 0.29) is 76.8 Å². The molecule has 7 atom stereocenters. The summed E-state index contributed by atoms with van der Waals surface area (Å²) in [6.07, 6.45) is 5.72. The summed E-state index contributed by atoms with van der Waals surface area (Å²) >= 11 is 0. The van der Waals surface area contributed by atoms with Gasteiger partial charge in [0.2, 0.25) is 53.2 Å². The lowest BCUT2D eigenvalue weighted by Gasteiger charge is -2.28. The number of aromatic nitrogens is 3. The topological polar surface area (TPSA) is 385 Å². The van der Waals surface area contributed by atoms with Crippen molar-refractivity contribution in [1.82, 2.24) is 57.5 Å². The second-order valence-corrected chi connectivity index (χ2v) is 18.2. The number of primary amides is 1. The van der Waals surface area contributed by atoms with Gasteiger partial charge in [0.15, 0.2) is 5.96 Å². The Balaban J connectivity index is 1.55. The van der Waals surface area contributed by atoms with E-state index in [9.17, 15) is 43.2 Å². The van der Waals surface area contributed by atoms with Gasteiger partial charge in [0.1, 0.15) is 42.3 Å². The number of para-hydroxylation sites is 1. The van der Waals surface area contributed by atoms with Crippen LogP contribution < -0.4 is 59.7 Å². The quantitative estimate of drug-likeness (QED) is 0.0335. The van der Waals surface area contributed by atoms with Crippen molar-refractivity contribution in [2.45, 2.75) is 133 Å². The average molecular weight is 1020 g/mol. The molecule has 0 aliphatic carbocycles. The number of hydrogen-bond donors (Lipinski definition) is 13. The van der Waals surface area contributed by atoms with Gasteiger partial charge in [-0.3, -0.25) is 48.1 Å². The lowest BCUT2D eigenvalue weighted by molar-refractivity contribution is -0.136. The van der Waals surface area contributed by atoms with Crippen LogP contribution in [0, 0.1) is 0 Å². The summed E-state index contributed by atoms with van der Waals surface area (Å²) in [4.78, 5) is 139. The van der Waals surface area contributed by atoms with Gasteiger partial charge in [-0.05, 0) is 55.7 Å². The van der Waals surface area contributed by atoms with Crippen LogP contribution in [-0.2, 0) is 62.4 Å². The van der Waals surface area contributed by atoms with Crippen LogP contribution >= 0.6 is 0 Å². The zero-order chi connectivity index (χ0) is 53.6. The minimum atomic E-state index is -1.58. The fourth-order valence-electron chi connectivity index (χ4n) is 8.40. The van der Waals surface area contributed by atoms with Crippen molar-refractivity contribution in [3.63, 3.8) is 0 Å². The van der Waals surface area contributed by atoms with E-state index in [0.717, 1.165) is 10.9 Å². The van der Waals surface area contributed by atoms with Gasteiger partial charge >= 0.3 is 0 Å². The number of aromatic amines is 2. The first kappa shape index (κ1) is 56.6. The van der Waals surface area contributed by atoms with Gasteiger partial charge in [0.05, 0.1) is 12.7 Å². The Morgan fingerprint density at radius 2 is 1.41 bits per heavy atom. The van der Waals surface area contributed by atoms with Crippen LogP contribution in [0.3, 0.4) is 0 Å². The van der Waals surface area contributed by atoms with E-state index in [0.29, 0.717) is 29.7 Å². The number of carbonyl (C=O) groups excluding carboxylic acids is 9. The van der Waals surface area contributed by atoms with Gasteiger partial charge < -0.3 is 69.7 Å². The summed E-state index contributed by atoms with van der Waals surface area (Å²) in [6.45, 7) is 3.26. The van der Waals surface area contributed by atoms with E-state index in [2.05, 4.69) is 62.5 Å². The number of nitrogens with one attached hydrogen (secondary N) is 10. The molecule has 0 saturated carbocycles. The number of amides is 9. The van der Waals surface area contributed by atoms with E-state index in [1.165, 1.54) is 19.4 Å². The lowest BCUT2D eigenvalue weighted by atomic mass is 10.0. The third-order valence-electron chi connectivity index (χ3n) is 12.3. The molecule has 24 heteroatoms. The molecule has 4 aromatic rings. The van der Waals surface area contributed by atoms with Crippen LogP contribution in [0.15, 0.2) is 78.3 Å². The number of benzene rings is 2. The van der Waals surface area contributed by atoms with Crippen LogP contribution in [0.5, 0.6) is 0 Å². The molecule has 9 amide bonds. The fourth-order valence-corrected chi connectivity index (χ4v) is 8.40. The molecule has 398 valence electrons. The Morgan fingerprint density at radius 1 is 0.757 bits per heavy atom. The SMILES string of the molecule is CCCC[C@H](NC(C)=O)C(=O)NC1CC(=O)NCCCC[C@@H](C(N)=O)NC(=O)[C@H](Cc2c[nH]c3ccccc23)NC(=O)[C@H](CCCN=C(N)N)NC(=O)[C@@H](Cc2ccccc2)NC(=O)C(Cc2cnc[nH]2)NC1=O. The van der Waals surface area contributed by atoms with Gasteiger partial charge in [0.25, 0.3) is 0 Å². The highest BCUT2D eigenvalue weighted by molar-refractivity contribution is 5.99. The molecule has 3 heterocycles. The standard InChI is InChI=1S/C50H69N15O9/c1-3-4-16-36(59-29(2)66)44(69)65-41-25-42(67)55-20-11-10-18-35(43(51)68)60-47(72)39(23-31-26-57-34-17-9-8-15-33(31)34)63-45(70)37(19-12-21-56-50(52)53)61-46(71)38(22-30-13-6-5-7-14-30)62-48(73)40(64-49(41)74)24-32-27-54-28-58-32/h5-9,13-15,17,26-28,35-41,57H,3-4,10-12,16,18-25H2,1-2H3,(H2,51,68)(H,54,58)(H,55,67)(H,59,66)(H,60,72)(H,61,71)(H,62,73)(H,63,70)(H,64,74)(H,65,69)(H4,52,53,56)/t35-,36-,37-,38+,39-,40?,41?/m0/s1. The van der Waals surface area contributed by atoms with E-state index < -0.39 is 102 Å². The Kier molecular flexibility index (Phi) is 21.9. The summed E-state index contributed by atoms with van der Waals surface area (Å²) in [5.74, 6) is -7.10. The average Bonchev–Trinajstić information content (AvgIpc) is 4.04. The van der Waals surface area contributed by atoms with E-state index >= 15 is 0 Å². The number of hydrogen-bond acceptors (Lipinski definition) is 11. The Labute approximate surface area is 428 Å². The summed E-state index contributed by atoms with van der Waals surface area (Å²) < 4.78 is 0. The number of H-pyrrole nitrogens is 2. The molecular formula is C50H69N15O9. The third-order valence-corrected chi connectivity index (χ3v) is 12.3. The number of aliphatic imine (C=N–C) groups is 1. The second kappa shape index (κ2) is 28.7. The molecule has 0 bridgehead atoms. The predicted octanol–water partition coefficient (Wildman–Crippen LogP) is -1.25. The highest BCUT2D eigenvalue weighted by atomic mass is 16.2. The van der Waals surface area contributed by atoms with Crippen LogP contribution in [0.2, 0.25) is 0 Å². The molecule has 16 N–H and O–H groups in total. The molecule has 2 unspecified atom stereocenters. The number of fused-ring (bicyclic) bond motifs is 1. The summed E-state index contributed by atoms with van der Waals surface area (Å²) in [5.41, 5.74) is 19.4. The van der Waals surface area contributed by atoms with Crippen molar-refractivity contribution < 1.29 is 43.2 Å². The first-order valence-corrected chi connectivity index (χ1v) is 24.8. The normalized spacial score (nSPS) is 21.3. The number of carbonyl (C=O) groups is 9. The van der Waals surface area contributed by atoms with Crippen molar-refractivity contribution in [2.24, 2.45) is 22.2 Å².